The van der Waals surface area contributed by atoms with E-state index in [2.05, 4.69) is 0 Å². The van der Waals surface area contributed by atoms with E-state index in [0.717, 1.165) is 12.5 Å². The van der Waals surface area contributed by atoms with Crippen LogP contribution in [0.1, 0.15) is 31.2 Å². The van der Waals surface area contributed by atoms with Crippen LogP contribution in [0.5, 0.6) is 0 Å². The highest BCUT2D eigenvalue weighted by Crippen LogP contribution is 2.48. The topological polar surface area (TPSA) is 110 Å². The number of amides is 3. The van der Waals surface area contributed by atoms with Crippen LogP contribution in [0.25, 0.3) is 0 Å². The summed E-state index contributed by atoms with van der Waals surface area (Å²) in [6, 6.07) is 0.294. The van der Waals surface area contributed by atoms with Gasteiger partial charge in [-0.25, -0.2) is 13.2 Å². The van der Waals surface area contributed by atoms with E-state index < -0.39 is 34.8 Å². The average molecular weight is 438 g/mol. The lowest BCUT2D eigenvalue weighted by Crippen LogP contribution is -2.46. The molecule has 0 radical (unpaired) electrons. The molecule has 1 aliphatic carbocycles. The molecule has 2 heterocycles. The van der Waals surface area contributed by atoms with Gasteiger partial charge in [-0.15, -0.1) is 0 Å². The van der Waals surface area contributed by atoms with E-state index in [0.29, 0.717) is 38.5 Å². The van der Waals surface area contributed by atoms with E-state index in [4.69, 9.17) is 11.5 Å². The van der Waals surface area contributed by atoms with Gasteiger partial charge in [0.2, 0.25) is 17.7 Å². The molecule has 0 bridgehead atoms. The molecule has 3 amide bonds. The van der Waals surface area contributed by atoms with Crippen LogP contribution in [0, 0.1) is 28.8 Å². The van der Waals surface area contributed by atoms with Crippen LogP contribution in [-0.2, 0) is 20.8 Å². The van der Waals surface area contributed by atoms with Gasteiger partial charge in [-0.2, -0.15) is 0 Å². The van der Waals surface area contributed by atoms with Crippen LogP contribution in [0.2, 0.25) is 0 Å². The number of primary amides is 1. The molecule has 3 fully saturated rings. The fourth-order valence-electron chi connectivity index (χ4n) is 4.85. The Morgan fingerprint density at radius 1 is 1.10 bits per heavy atom. The van der Waals surface area contributed by atoms with Gasteiger partial charge in [-0.3, -0.25) is 14.4 Å². The predicted molar refractivity (Wildman–Crippen MR) is 104 cm³/mol. The molecule has 1 aromatic carbocycles. The minimum atomic E-state index is -1.28. The molecular weight excluding hydrogens is 413 g/mol. The van der Waals surface area contributed by atoms with Crippen molar-refractivity contribution >= 4 is 17.7 Å². The average Bonchev–Trinajstić information content (AvgIpc) is 3.26. The van der Waals surface area contributed by atoms with Crippen LogP contribution in [0.4, 0.5) is 13.2 Å². The molecule has 3 aliphatic rings. The zero-order valence-corrected chi connectivity index (χ0v) is 17.0. The predicted octanol–water partition coefficient (Wildman–Crippen LogP) is 0.689. The number of hydrogen-bond acceptors (Lipinski definition) is 4. The summed E-state index contributed by atoms with van der Waals surface area (Å²) in [5, 5.41) is 0. The van der Waals surface area contributed by atoms with Gasteiger partial charge < -0.3 is 21.3 Å². The maximum atomic E-state index is 13.9. The molecule has 4 rings (SSSR count). The lowest BCUT2D eigenvalue weighted by Gasteiger charge is -2.27. The number of nitrogens with two attached hydrogens (primary N) is 2. The second-order valence-electron chi connectivity index (χ2n) is 8.89. The minimum Gasteiger partial charge on any atom is -0.369 e. The largest absolute Gasteiger partial charge is 0.369 e. The van der Waals surface area contributed by atoms with Gasteiger partial charge in [0, 0.05) is 44.1 Å². The van der Waals surface area contributed by atoms with Crippen LogP contribution in [0.3, 0.4) is 0 Å². The number of halogens is 3. The molecule has 31 heavy (non-hydrogen) atoms. The molecule has 168 valence electrons. The Morgan fingerprint density at radius 2 is 1.77 bits per heavy atom. The first-order chi connectivity index (χ1) is 14.6. The standard InChI is InChI=1S/C21H25F3N4O3/c22-14-8-16(24)15(23)6-12(14)5-13(25)7-18(29)28-4-1-11-9-27(10-17(11)28)20(31)21(2-3-21)19(26)30/h6,8,11,13,17H,1-5,7,9-10,25H2,(H2,26,30). The summed E-state index contributed by atoms with van der Waals surface area (Å²) >= 11 is 0. The SMILES string of the molecule is NC(=O)C1(C(=O)N2CC3CCN(C(=O)CC(N)Cc4cc(F)c(F)cc4F)C3C2)CC1. The first-order valence-electron chi connectivity index (χ1n) is 10.4. The van der Waals surface area contributed by atoms with Crippen LogP contribution >= 0.6 is 0 Å². The zero-order valence-electron chi connectivity index (χ0n) is 17.0. The van der Waals surface area contributed by atoms with Crippen LogP contribution in [-0.4, -0.2) is 59.2 Å². The van der Waals surface area contributed by atoms with Crippen molar-refractivity contribution in [2.24, 2.45) is 22.8 Å². The normalized spacial score (nSPS) is 24.8. The summed E-state index contributed by atoms with van der Waals surface area (Å²) in [6.07, 6.45) is 1.47. The van der Waals surface area contributed by atoms with E-state index in [-0.39, 0.29) is 42.2 Å². The lowest BCUT2D eigenvalue weighted by molar-refractivity contribution is -0.143. The molecule has 10 heteroatoms. The van der Waals surface area contributed by atoms with Gasteiger partial charge in [-0.05, 0) is 37.3 Å². The van der Waals surface area contributed by atoms with E-state index >= 15 is 0 Å². The molecule has 2 saturated heterocycles. The number of benzene rings is 1. The molecule has 1 saturated carbocycles. The van der Waals surface area contributed by atoms with Crippen LogP contribution < -0.4 is 11.5 Å². The Balaban J connectivity index is 1.36. The molecular formula is C21H25F3N4O3. The van der Waals surface area contributed by atoms with Gasteiger partial charge >= 0.3 is 0 Å². The second-order valence-corrected chi connectivity index (χ2v) is 8.89. The molecule has 7 nitrogen and oxygen atoms in total. The van der Waals surface area contributed by atoms with Crippen molar-refractivity contribution in [3.63, 3.8) is 0 Å². The van der Waals surface area contributed by atoms with Gasteiger partial charge in [0.15, 0.2) is 11.6 Å². The number of carbonyl (C=O) groups is 3. The maximum Gasteiger partial charge on any atom is 0.238 e. The van der Waals surface area contributed by atoms with Crippen LogP contribution in [0.15, 0.2) is 12.1 Å². The van der Waals surface area contributed by atoms with E-state index in [1.165, 1.54) is 0 Å². The first-order valence-corrected chi connectivity index (χ1v) is 10.4. The number of hydrogen-bond donors (Lipinski definition) is 2. The number of likely N-dealkylation sites (tertiary alicyclic amines) is 2. The number of nitrogens with zero attached hydrogens (tertiary/aromatic N) is 2. The molecule has 3 atom stereocenters. The minimum absolute atomic E-state index is 0.0825. The monoisotopic (exact) mass is 438 g/mol. The molecule has 0 aromatic heterocycles. The van der Waals surface area contributed by atoms with Gasteiger partial charge in [0.25, 0.3) is 0 Å². The summed E-state index contributed by atoms with van der Waals surface area (Å²) in [5.41, 5.74) is 10.2. The Labute approximate surface area is 177 Å². The third-order valence-corrected chi connectivity index (χ3v) is 6.79. The summed E-state index contributed by atoms with van der Waals surface area (Å²) in [5.74, 6) is -4.32. The third-order valence-electron chi connectivity index (χ3n) is 6.79. The number of rotatable bonds is 6. The van der Waals surface area contributed by atoms with Crippen molar-refractivity contribution in [1.29, 1.82) is 0 Å². The van der Waals surface area contributed by atoms with Crippen molar-refractivity contribution in [2.75, 3.05) is 19.6 Å². The summed E-state index contributed by atoms with van der Waals surface area (Å²) < 4.78 is 40.3. The van der Waals surface area contributed by atoms with Gasteiger partial charge in [0.1, 0.15) is 11.2 Å². The quantitative estimate of drug-likeness (QED) is 0.503. The third kappa shape index (κ3) is 3.88. The molecule has 1 aromatic rings. The Kier molecular flexibility index (Phi) is 5.45. The van der Waals surface area contributed by atoms with Gasteiger partial charge in [-0.1, -0.05) is 0 Å². The number of carbonyl (C=O) groups excluding carboxylic acids is 3. The molecule has 3 unspecified atom stereocenters. The summed E-state index contributed by atoms with van der Waals surface area (Å²) in [7, 11) is 0. The van der Waals surface area contributed by atoms with Crippen molar-refractivity contribution in [1.82, 2.24) is 9.80 Å². The Hall–Kier alpha value is -2.62. The van der Waals surface area contributed by atoms with Crippen molar-refractivity contribution in [3.05, 3.63) is 35.1 Å². The smallest absolute Gasteiger partial charge is 0.238 e. The number of fused-ring (bicyclic) bond motifs is 1. The Bertz CT molecular complexity index is 937. The highest BCUT2D eigenvalue weighted by molar-refractivity contribution is 6.07. The maximum absolute atomic E-state index is 13.9. The van der Waals surface area contributed by atoms with Crippen molar-refractivity contribution in [2.45, 2.75) is 44.2 Å². The highest BCUT2D eigenvalue weighted by Gasteiger charge is 2.59. The Morgan fingerprint density at radius 3 is 2.42 bits per heavy atom. The van der Waals surface area contributed by atoms with Gasteiger partial charge in [0.05, 0.1) is 6.04 Å². The summed E-state index contributed by atoms with van der Waals surface area (Å²) in [6.45, 7) is 1.36. The first kappa shape index (κ1) is 21.6. The van der Waals surface area contributed by atoms with E-state index in [1.807, 2.05) is 0 Å². The second kappa shape index (κ2) is 7.81. The van der Waals surface area contributed by atoms with E-state index in [9.17, 15) is 27.6 Å². The fourth-order valence-corrected chi connectivity index (χ4v) is 4.85. The van der Waals surface area contributed by atoms with Crippen molar-refractivity contribution in [3.8, 4) is 0 Å². The van der Waals surface area contributed by atoms with E-state index in [1.54, 1.807) is 9.80 Å². The molecule has 4 N–H and O–H groups in total. The summed E-state index contributed by atoms with van der Waals surface area (Å²) in [4.78, 5) is 40.6. The fraction of sp³-hybridized carbons (Fsp3) is 0.571. The highest BCUT2D eigenvalue weighted by atomic mass is 19.2. The zero-order chi connectivity index (χ0) is 22.5. The molecule has 0 spiro atoms. The van der Waals surface area contributed by atoms with Crippen molar-refractivity contribution < 1.29 is 27.6 Å². The lowest BCUT2D eigenvalue weighted by atomic mass is 10.0. The molecule has 2 aliphatic heterocycles.